The summed E-state index contributed by atoms with van der Waals surface area (Å²) in [5.74, 6) is -0.123. The quantitative estimate of drug-likeness (QED) is 0.325. The molecule has 6 rings (SSSR count). The Morgan fingerprint density at radius 1 is 0.927 bits per heavy atom. The molecule has 1 fully saturated rings. The molecule has 41 heavy (non-hydrogen) atoms. The number of hydrogen-bond donors (Lipinski definition) is 1. The fourth-order valence-corrected chi connectivity index (χ4v) is 5.83. The molecule has 4 aromatic rings. The van der Waals surface area contributed by atoms with Gasteiger partial charge in [-0.15, -0.1) is 0 Å². The van der Waals surface area contributed by atoms with Crippen LogP contribution < -0.4 is 5.32 Å². The van der Waals surface area contributed by atoms with Crippen molar-refractivity contribution in [3.63, 3.8) is 0 Å². The lowest BCUT2D eigenvalue weighted by molar-refractivity contribution is -0.122. The molecule has 0 saturated heterocycles. The number of rotatable bonds is 7. The minimum Gasteiger partial charge on any atom is -0.465 e. The number of benzene rings is 3. The lowest BCUT2D eigenvalue weighted by atomic mass is 9.87. The van der Waals surface area contributed by atoms with Crippen LogP contribution >= 0.6 is 0 Å². The van der Waals surface area contributed by atoms with E-state index in [1.54, 1.807) is 30.6 Å². The maximum atomic E-state index is 13.3. The van der Waals surface area contributed by atoms with Gasteiger partial charge in [-0.3, -0.25) is 14.6 Å². The van der Waals surface area contributed by atoms with Crippen molar-refractivity contribution < 1.29 is 19.1 Å². The van der Waals surface area contributed by atoms with Crippen molar-refractivity contribution in [3.8, 4) is 11.1 Å². The van der Waals surface area contributed by atoms with E-state index in [1.165, 1.54) is 12.7 Å². The second-order valence-corrected chi connectivity index (χ2v) is 10.6. The Labute approximate surface area is 239 Å². The number of fused-ring (bicyclic) bond motifs is 1. The normalized spacial score (nSPS) is 17.3. The predicted molar refractivity (Wildman–Crippen MR) is 155 cm³/mol. The highest BCUT2D eigenvalue weighted by Crippen LogP contribution is 2.47. The monoisotopic (exact) mass is 545 g/mol. The third-order valence-corrected chi connectivity index (χ3v) is 8.13. The number of esters is 1. The molecule has 3 aromatic carbocycles. The van der Waals surface area contributed by atoms with Gasteiger partial charge in [-0.1, -0.05) is 54.6 Å². The molecule has 0 unspecified atom stereocenters. The molecule has 2 amide bonds. The molecule has 7 nitrogen and oxygen atoms in total. The standard InChI is InChI=1S/C34H31N3O4/c1-41-34(40)25-9-5-8-24(18-25)27-11-10-26(20-36-32(38)30-19-29(30)22-6-3-2-4-7-22)31-21-37(17-14-28(27)31)33(39)23-12-15-35-16-13-23/h2-13,15-16,18,29-30H,14,17,19-21H2,1H3,(H,36,38)/t29-,30+/m1/s1. The minimum absolute atomic E-state index is 0.0154. The van der Waals surface area contributed by atoms with Crippen molar-refractivity contribution >= 4 is 17.8 Å². The Hall–Kier alpha value is -4.78. The summed E-state index contributed by atoms with van der Waals surface area (Å²) in [6.45, 7) is 1.38. The molecule has 0 spiro atoms. The number of aromatic nitrogens is 1. The second kappa shape index (κ2) is 11.4. The molecule has 1 aliphatic carbocycles. The number of methoxy groups -OCH3 is 1. The van der Waals surface area contributed by atoms with Gasteiger partial charge in [0.25, 0.3) is 5.91 Å². The van der Waals surface area contributed by atoms with Gasteiger partial charge in [0.1, 0.15) is 0 Å². The van der Waals surface area contributed by atoms with E-state index in [4.69, 9.17) is 4.74 Å². The van der Waals surface area contributed by atoms with E-state index in [9.17, 15) is 14.4 Å². The Morgan fingerprint density at radius 2 is 1.73 bits per heavy atom. The van der Waals surface area contributed by atoms with Crippen molar-refractivity contribution in [3.05, 3.63) is 125 Å². The molecule has 206 valence electrons. The summed E-state index contributed by atoms with van der Waals surface area (Å²) in [6.07, 6.45) is 4.76. The van der Waals surface area contributed by atoms with E-state index in [1.807, 2.05) is 47.4 Å². The first kappa shape index (κ1) is 26.4. The predicted octanol–water partition coefficient (Wildman–Crippen LogP) is 5.15. The van der Waals surface area contributed by atoms with Crippen molar-refractivity contribution in [1.82, 2.24) is 15.2 Å². The lowest BCUT2D eigenvalue weighted by Crippen LogP contribution is -2.37. The first-order valence-corrected chi connectivity index (χ1v) is 13.9. The average Bonchev–Trinajstić information content (AvgIpc) is 3.85. The summed E-state index contributed by atoms with van der Waals surface area (Å²) < 4.78 is 4.93. The zero-order valence-corrected chi connectivity index (χ0v) is 22.9. The topological polar surface area (TPSA) is 88.6 Å². The Morgan fingerprint density at radius 3 is 2.51 bits per heavy atom. The first-order chi connectivity index (χ1) is 20.0. The number of pyridine rings is 1. The molecular formula is C34H31N3O4. The van der Waals surface area contributed by atoms with Crippen molar-refractivity contribution in [2.24, 2.45) is 5.92 Å². The summed E-state index contributed by atoms with van der Waals surface area (Å²) in [4.78, 5) is 44.5. The zero-order chi connectivity index (χ0) is 28.3. The van der Waals surface area contributed by atoms with Crippen LogP contribution in [0.15, 0.2) is 91.3 Å². The molecule has 2 aliphatic rings. The number of nitrogens with zero attached hydrogens (tertiary/aromatic N) is 2. The van der Waals surface area contributed by atoms with Crippen LogP contribution in [0, 0.1) is 5.92 Å². The Kier molecular flexibility index (Phi) is 7.33. The van der Waals surface area contributed by atoms with Crippen LogP contribution in [0.25, 0.3) is 11.1 Å². The summed E-state index contributed by atoms with van der Waals surface area (Å²) in [6, 6.07) is 25.1. The molecule has 2 atom stereocenters. The van der Waals surface area contributed by atoms with Gasteiger partial charge in [-0.25, -0.2) is 4.79 Å². The summed E-state index contributed by atoms with van der Waals surface area (Å²) >= 11 is 0. The highest BCUT2D eigenvalue weighted by Gasteiger charge is 2.43. The van der Waals surface area contributed by atoms with Crippen LogP contribution in [-0.2, 0) is 29.0 Å². The minimum atomic E-state index is -0.386. The highest BCUT2D eigenvalue weighted by molar-refractivity contribution is 5.94. The van der Waals surface area contributed by atoms with Crippen LogP contribution in [-0.4, -0.2) is 41.3 Å². The van der Waals surface area contributed by atoms with Crippen LogP contribution in [0.3, 0.4) is 0 Å². The van der Waals surface area contributed by atoms with Gasteiger partial charge in [0.2, 0.25) is 5.91 Å². The van der Waals surface area contributed by atoms with E-state index in [-0.39, 0.29) is 29.6 Å². The number of carbonyl (C=O) groups excluding carboxylic acids is 3. The molecule has 1 saturated carbocycles. The molecule has 1 aromatic heterocycles. The molecule has 0 bridgehead atoms. The fraction of sp³-hybridized carbons (Fsp3) is 0.235. The van der Waals surface area contributed by atoms with Gasteiger partial charge in [0.05, 0.1) is 12.7 Å². The van der Waals surface area contributed by atoms with Crippen molar-refractivity contribution in [2.75, 3.05) is 13.7 Å². The molecule has 7 heteroatoms. The van der Waals surface area contributed by atoms with Crippen LogP contribution in [0.2, 0.25) is 0 Å². The zero-order valence-electron chi connectivity index (χ0n) is 22.9. The van der Waals surface area contributed by atoms with E-state index in [0.717, 1.165) is 34.2 Å². The first-order valence-electron chi connectivity index (χ1n) is 13.9. The number of hydrogen-bond acceptors (Lipinski definition) is 5. The molecule has 1 aliphatic heterocycles. The third kappa shape index (κ3) is 5.48. The van der Waals surface area contributed by atoms with E-state index >= 15 is 0 Å². The van der Waals surface area contributed by atoms with Crippen molar-refractivity contribution in [1.29, 1.82) is 0 Å². The number of carbonyl (C=O) groups is 3. The van der Waals surface area contributed by atoms with Gasteiger partial charge in [-0.2, -0.15) is 0 Å². The lowest BCUT2D eigenvalue weighted by Gasteiger charge is -2.32. The maximum Gasteiger partial charge on any atom is 0.337 e. The molecule has 2 heterocycles. The van der Waals surface area contributed by atoms with Gasteiger partial charge >= 0.3 is 5.97 Å². The van der Waals surface area contributed by atoms with Gasteiger partial charge in [0.15, 0.2) is 0 Å². The Bertz CT molecular complexity index is 1600. The molecular weight excluding hydrogens is 514 g/mol. The highest BCUT2D eigenvalue weighted by atomic mass is 16.5. The summed E-state index contributed by atoms with van der Waals surface area (Å²) in [5, 5.41) is 3.17. The largest absolute Gasteiger partial charge is 0.465 e. The van der Waals surface area contributed by atoms with Crippen molar-refractivity contribution in [2.45, 2.75) is 31.8 Å². The maximum absolute atomic E-state index is 13.3. The Balaban J connectivity index is 1.28. The third-order valence-electron chi connectivity index (χ3n) is 8.13. The van der Waals surface area contributed by atoms with Crippen LogP contribution in [0.4, 0.5) is 0 Å². The average molecular weight is 546 g/mol. The van der Waals surface area contributed by atoms with E-state index in [2.05, 4.69) is 28.5 Å². The van der Waals surface area contributed by atoms with Gasteiger partial charge in [-0.05, 0) is 76.4 Å². The summed E-state index contributed by atoms with van der Waals surface area (Å²) in [7, 11) is 1.37. The fourth-order valence-electron chi connectivity index (χ4n) is 5.83. The smallest absolute Gasteiger partial charge is 0.337 e. The van der Waals surface area contributed by atoms with E-state index in [0.29, 0.717) is 37.2 Å². The number of nitrogens with one attached hydrogen (secondary N) is 1. The van der Waals surface area contributed by atoms with E-state index < -0.39 is 0 Å². The number of ether oxygens (including phenoxy) is 1. The second-order valence-electron chi connectivity index (χ2n) is 10.6. The summed E-state index contributed by atoms with van der Waals surface area (Å²) in [5.41, 5.74) is 7.37. The van der Waals surface area contributed by atoms with Gasteiger partial charge < -0.3 is 15.0 Å². The van der Waals surface area contributed by atoms with Gasteiger partial charge in [0, 0.05) is 43.5 Å². The SMILES string of the molecule is COC(=O)c1cccc(-c2ccc(CNC(=O)[C@H]3C[C@@H]3c3ccccc3)c3c2CCN(C(=O)c2ccncc2)C3)c1. The molecule has 1 N–H and O–H groups in total. The van der Waals surface area contributed by atoms with Crippen LogP contribution in [0.1, 0.15) is 55.3 Å². The number of amides is 2. The van der Waals surface area contributed by atoms with Crippen LogP contribution in [0.5, 0.6) is 0 Å². The molecule has 0 radical (unpaired) electrons.